The van der Waals surface area contributed by atoms with E-state index in [4.69, 9.17) is 22.1 Å². The molecule has 0 aliphatic heterocycles. The first-order valence-corrected chi connectivity index (χ1v) is 14.1. The highest BCUT2D eigenvalue weighted by molar-refractivity contribution is 7.89. The number of hydrogen-bond acceptors (Lipinski definition) is 8. The average Bonchev–Trinajstić information content (AvgIpc) is 3.37. The van der Waals surface area contributed by atoms with Crippen molar-refractivity contribution in [2.75, 3.05) is 18.0 Å². The lowest BCUT2D eigenvalue weighted by Crippen LogP contribution is -2.33. The number of sulfonamides is 1. The number of fused-ring (bicyclic) bond motifs is 1. The lowest BCUT2D eigenvalue weighted by Gasteiger charge is -2.21. The molecule has 38 heavy (non-hydrogen) atoms. The van der Waals surface area contributed by atoms with Gasteiger partial charge >= 0.3 is 0 Å². The molecule has 4 aromatic rings. The van der Waals surface area contributed by atoms with Gasteiger partial charge in [0.1, 0.15) is 5.52 Å². The van der Waals surface area contributed by atoms with Gasteiger partial charge in [0.15, 0.2) is 5.13 Å². The molecule has 0 spiro atoms. The summed E-state index contributed by atoms with van der Waals surface area (Å²) >= 11 is 7.64. The third-order valence-corrected chi connectivity index (χ3v) is 8.84. The SMILES string of the molecule is N#CCCN(CCC#N)S(=O)(=O)c1ccc(C(=O)N(Cc2cccnc2)c2nc3c(Cl)cccc3s2)cc1. The van der Waals surface area contributed by atoms with Gasteiger partial charge in [-0.2, -0.15) is 14.8 Å². The molecule has 0 unspecified atom stereocenters. The third-order valence-electron chi connectivity index (χ3n) is 5.58. The van der Waals surface area contributed by atoms with Crippen molar-refractivity contribution in [1.82, 2.24) is 14.3 Å². The Balaban J connectivity index is 1.67. The van der Waals surface area contributed by atoms with Crippen LogP contribution in [0.1, 0.15) is 28.8 Å². The summed E-state index contributed by atoms with van der Waals surface area (Å²) in [6.45, 7) is 0.140. The molecule has 0 aliphatic carbocycles. The summed E-state index contributed by atoms with van der Waals surface area (Å²) in [5, 5.41) is 18.7. The molecule has 0 atom stereocenters. The maximum atomic E-state index is 13.7. The smallest absolute Gasteiger partial charge is 0.260 e. The molecule has 0 radical (unpaired) electrons. The Kier molecular flexibility index (Phi) is 8.66. The Hall–Kier alpha value is -3.87. The standard InChI is InChI=1S/C26H21ClN6O3S2/c27-22-6-1-7-23-24(22)31-26(37-23)33(18-19-5-2-14-30-17-19)25(34)20-8-10-21(11-9-20)38(35,36)32(15-3-12-28)16-4-13-29/h1-2,5-11,14,17H,3-4,15-16,18H2. The fourth-order valence-corrected chi connectivity index (χ4v) is 6.40. The second kappa shape index (κ2) is 12.1. The molecule has 0 saturated carbocycles. The van der Waals surface area contributed by atoms with Crippen LogP contribution in [0, 0.1) is 22.7 Å². The number of amides is 1. The summed E-state index contributed by atoms with van der Waals surface area (Å²) in [4.78, 5) is 23.9. The average molecular weight is 565 g/mol. The minimum atomic E-state index is -3.96. The van der Waals surface area contributed by atoms with Crippen LogP contribution in [0.15, 0.2) is 71.9 Å². The van der Waals surface area contributed by atoms with Crippen molar-refractivity contribution >= 4 is 54.2 Å². The Morgan fingerprint density at radius 3 is 2.32 bits per heavy atom. The molecule has 192 valence electrons. The van der Waals surface area contributed by atoms with E-state index in [1.54, 1.807) is 24.5 Å². The number of nitriles is 2. The Morgan fingerprint density at radius 2 is 1.71 bits per heavy atom. The van der Waals surface area contributed by atoms with Crippen molar-refractivity contribution in [2.24, 2.45) is 0 Å². The van der Waals surface area contributed by atoms with E-state index in [1.807, 2.05) is 30.3 Å². The summed E-state index contributed by atoms with van der Waals surface area (Å²) < 4.78 is 28.2. The molecule has 2 heterocycles. The molecule has 4 rings (SSSR count). The predicted molar refractivity (Wildman–Crippen MR) is 145 cm³/mol. The van der Waals surface area contributed by atoms with Crippen LogP contribution in [0.3, 0.4) is 0 Å². The Labute approximate surface area is 229 Å². The van der Waals surface area contributed by atoms with Crippen LogP contribution in [0.2, 0.25) is 5.02 Å². The molecule has 0 aliphatic rings. The highest BCUT2D eigenvalue weighted by Crippen LogP contribution is 2.34. The van der Waals surface area contributed by atoms with E-state index >= 15 is 0 Å². The van der Waals surface area contributed by atoms with E-state index in [0.29, 0.717) is 15.7 Å². The van der Waals surface area contributed by atoms with Gasteiger partial charge in [-0.1, -0.05) is 35.1 Å². The van der Waals surface area contributed by atoms with Crippen LogP contribution < -0.4 is 4.90 Å². The van der Waals surface area contributed by atoms with E-state index in [1.165, 1.54) is 40.5 Å². The molecule has 1 amide bonds. The normalized spacial score (nSPS) is 11.3. The summed E-state index contributed by atoms with van der Waals surface area (Å²) in [6, 6.07) is 18.5. The van der Waals surface area contributed by atoms with Crippen molar-refractivity contribution < 1.29 is 13.2 Å². The van der Waals surface area contributed by atoms with Gasteiger partial charge < -0.3 is 0 Å². The van der Waals surface area contributed by atoms with Gasteiger partial charge in [0.2, 0.25) is 10.0 Å². The number of aromatic nitrogens is 2. The van der Waals surface area contributed by atoms with E-state index in [-0.39, 0.29) is 48.8 Å². The molecule has 12 heteroatoms. The van der Waals surface area contributed by atoms with Gasteiger partial charge in [0, 0.05) is 43.9 Å². The molecule has 9 nitrogen and oxygen atoms in total. The van der Waals surface area contributed by atoms with Crippen molar-refractivity contribution in [3.05, 3.63) is 83.1 Å². The van der Waals surface area contributed by atoms with Crippen LogP contribution in [0.25, 0.3) is 10.2 Å². The molecule has 2 aromatic carbocycles. The Bertz CT molecular complexity index is 1610. The van der Waals surface area contributed by atoms with Crippen molar-refractivity contribution in [2.45, 2.75) is 24.3 Å². The van der Waals surface area contributed by atoms with Crippen molar-refractivity contribution in [1.29, 1.82) is 10.5 Å². The first-order valence-electron chi connectivity index (χ1n) is 11.4. The van der Waals surface area contributed by atoms with Crippen molar-refractivity contribution in [3.8, 4) is 12.1 Å². The maximum Gasteiger partial charge on any atom is 0.260 e. The summed E-state index contributed by atoms with van der Waals surface area (Å²) in [6.07, 6.45) is 3.30. The number of rotatable bonds is 10. The largest absolute Gasteiger partial charge is 0.279 e. The molecule has 0 saturated heterocycles. The minimum absolute atomic E-state index is 0.00326. The molecule has 0 N–H and O–H groups in total. The number of para-hydroxylation sites is 1. The summed E-state index contributed by atoms with van der Waals surface area (Å²) in [7, 11) is -3.96. The number of nitrogens with zero attached hydrogens (tertiary/aromatic N) is 6. The van der Waals surface area contributed by atoms with Gasteiger partial charge in [0.05, 0.1) is 33.3 Å². The highest BCUT2D eigenvalue weighted by atomic mass is 35.5. The van der Waals surface area contributed by atoms with Crippen LogP contribution >= 0.6 is 22.9 Å². The quantitative estimate of drug-likeness (QED) is 0.264. The van der Waals surface area contributed by atoms with E-state index in [2.05, 4.69) is 9.97 Å². The zero-order valence-electron chi connectivity index (χ0n) is 20.0. The van der Waals surface area contributed by atoms with Crippen molar-refractivity contribution in [3.63, 3.8) is 0 Å². The van der Waals surface area contributed by atoms with Gasteiger partial charge in [-0.05, 0) is 48.0 Å². The van der Waals surface area contributed by atoms with Crippen LogP contribution in [-0.2, 0) is 16.6 Å². The summed E-state index contributed by atoms with van der Waals surface area (Å²) in [5.74, 6) is -0.376. The van der Waals surface area contributed by atoms with Crippen LogP contribution in [0.4, 0.5) is 5.13 Å². The number of hydrogen-bond donors (Lipinski definition) is 0. The molecule has 0 fully saturated rings. The molecule has 2 aromatic heterocycles. The number of anilines is 1. The fraction of sp³-hybridized carbons (Fsp3) is 0.192. The zero-order chi connectivity index (χ0) is 27.1. The first kappa shape index (κ1) is 27.2. The van der Waals surface area contributed by atoms with E-state index in [0.717, 1.165) is 14.6 Å². The molecular weight excluding hydrogens is 544 g/mol. The van der Waals surface area contributed by atoms with Gasteiger partial charge in [-0.3, -0.25) is 14.7 Å². The molecular formula is C26H21ClN6O3S2. The first-order chi connectivity index (χ1) is 18.3. The van der Waals surface area contributed by atoms with Gasteiger partial charge in [-0.25, -0.2) is 13.4 Å². The maximum absolute atomic E-state index is 13.7. The summed E-state index contributed by atoms with van der Waals surface area (Å²) in [5.41, 5.74) is 1.64. The number of benzene rings is 2. The highest BCUT2D eigenvalue weighted by Gasteiger charge is 2.26. The van der Waals surface area contributed by atoms with E-state index in [9.17, 15) is 13.2 Å². The number of carbonyl (C=O) groups is 1. The Morgan fingerprint density at radius 1 is 1.00 bits per heavy atom. The van der Waals surface area contributed by atoms with E-state index < -0.39 is 10.0 Å². The van der Waals surface area contributed by atoms with Crippen LogP contribution in [0.5, 0.6) is 0 Å². The second-order valence-electron chi connectivity index (χ2n) is 8.08. The third kappa shape index (κ3) is 5.98. The topological polar surface area (TPSA) is 131 Å². The monoisotopic (exact) mass is 564 g/mol. The van der Waals surface area contributed by atoms with Crippen LogP contribution in [-0.4, -0.2) is 41.7 Å². The number of halogens is 1. The lowest BCUT2D eigenvalue weighted by molar-refractivity contribution is 0.0985. The zero-order valence-corrected chi connectivity index (χ0v) is 22.4. The predicted octanol–water partition coefficient (Wildman–Crippen LogP) is 5.01. The number of thiazole rings is 1. The second-order valence-corrected chi connectivity index (χ2v) is 11.4. The number of pyridine rings is 1. The van der Waals surface area contributed by atoms with Gasteiger partial charge in [0.25, 0.3) is 5.91 Å². The van der Waals surface area contributed by atoms with Gasteiger partial charge in [-0.15, -0.1) is 0 Å². The number of carbonyl (C=O) groups excluding carboxylic acids is 1. The molecule has 0 bridgehead atoms. The minimum Gasteiger partial charge on any atom is -0.279 e. The lowest BCUT2D eigenvalue weighted by atomic mass is 10.2. The fourth-order valence-electron chi connectivity index (χ4n) is 3.70.